The Morgan fingerprint density at radius 1 is 0.967 bits per heavy atom. The van der Waals surface area contributed by atoms with Gasteiger partial charge >= 0.3 is 5.97 Å². The minimum atomic E-state index is -1.19. The molecule has 2 N–H and O–H groups in total. The topological polar surface area (TPSA) is 84.9 Å². The molecular formula is C24H23NO5. The van der Waals surface area contributed by atoms with E-state index < -0.39 is 18.0 Å². The molecule has 154 valence electrons. The Morgan fingerprint density at radius 2 is 1.70 bits per heavy atom. The number of benzene rings is 3. The van der Waals surface area contributed by atoms with Gasteiger partial charge in [0.1, 0.15) is 17.1 Å². The van der Waals surface area contributed by atoms with Gasteiger partial charge in [0.2, 0.25) is 6.10 Å². The van der Waals surface area contributed by atoms with Crippen LogP contribution in [0.3, 0.4) is 0 Å². The minimum absolute atomic E-state index is 0.0590. The van der Waals surface area contributed by atoms with Crippen molar-refractivity contribution in [1.29, 1.82) is 0 Å². The van der Waals surface area contributed by atoms with Crippen LogP contribution in [-0.4, -0.2) is 24.1 Å². The van der Waals surface area contributed by atoms with Crippen LogP contribution in [0.15, 0.2) is 66.7 Å². The molecule has 0 aromatic heterocycles. The van der Waals surface area contributed by atoms with Gasteiger partial charge in [-0.25, -0.2) is 4.79 Å². The largest absolute Gasteiger partial charge is 0.507 e. The van der Waals surface area contributed by atoms with Crippen molar-refractivity contribution in [3.05, 3.63) is 89.0 Å². The van der Waals surface area contributed by atoms with Crippen molar-refractivity contribution in [3.8, 4) is 11.5 Å². The van der Waals surface area contributed by atoms with Crippen LogP contribution in [0.5, 0.6) is 11.5 Å². The van der Waals surface area contributed by atoms with Gasteiger partial charge in [0, 0.05) is 17.3 Å². The molecule has 0 radical (unpaired) electrons. The summed E-state index contributed by atoms with van der Waals surface area (Å²) < 4.78 is 10.6. The fourth-order valence-corrected chi connectivity index (χ4v) is 2.95. The second kappa shape index (κ2) is 9.13. The number of carbonyl (C=O) groups is 2. The van der Waals surface area contributed by atoms with E-state index in [0.717, 1.165) is 11.1 Å². The van der Waals surface area contributed by atoms with E-state index in [9.17, 15) is 14.7 Å². The number of hydrogen-bond donors (Lipinski definition) is 2. The molecular weight excluding hydrogens is 382 g/mol. The molecule has 0 saturated carbocycles. The van der Waals surface area contributed by atoms with Gasteiger partial charge in [-0.15, -0.1) is 0 Å². The van der Waals surface area contributed by atoms with Crippen molar-refractivity contribution >= 4 is 17.6 Å². The first kappa shape index (κ1) is 20.9. The SMILES string of the molecule is COc1ccc(C(=O)O[C@@H](C(=O)Nc2cc(C)ccc2C)c2ccccc2)c(O)c1. The van der Waals surface area contributed by atoms with Crippen molar-refractivity contribution < 1.29 is 24.2 Å². The Kier molecular flexibility index (Phi) is 6.37. The zero-order valence-corrected chi connectivity index (χ0v) is 17.0. The molecule has 0 unspecified atom stereocenters. The number of methoxy groups -OCH3 is 1. The predicted molar refractivity (Wildman–Crippen MR) is 114 cm³/mol. The second-order valence-electron chi connectivity index (χ2n) is 6.89. The summed E-state index contributed by atoms with van der Waals surface area (Å²) in [5.41, 5.74) is 2.98. The number of aromatic hydroxyl groups is 1. The van der Waals surface area contributed by atoms with E-state index in [0.29, 0.717) is 17.0 Å². The van der Waals surface area contributed by atoms with Crippen molar-refractivity contribution in [1.82, 2.24) is 0 Å². The van der Waals surface area contributed by atoms with E-state index in [1.54, 1.807) is 30.3 Å². The number of ether oxygens (including phenoxy) is 2. The lowest BCUT2D eigenvalue weighted by Gasteiger charge is -2.19. The van der Waals surface area contributed by atoms with E-state index in [-0.39, 0.29) is 11.3 Å². The molecule has 3 aromatic rings. The smallest absolute Gasteiger partial charge is 0.343 e. The van der Waals surface area contributed by atoms with E-state index in [1.165, 1.54) is 25.3 Å². The van der Waals surface area contributed by atoms with Crippen molar-refractivity contribution in [3.63, 3.8) is 0 Å². The molecule has 6 nitrogen and oxygen atoms in total. The highest BCUT2D eigenvalue weighted by Crippen LogP contribution is 2.28. The van der Waals surface area contributed by atoms with Crippen LogP contribution in [0.2, 0.25) is 0 Å². The van der Waals surface area contributed by atoms with Gasteiger partial charge in [-0.3, -0.25) is 4.79 Å². The van der Waals surface area contributed by atoms with Crippen LogP contribution in [0.25, 0.3) is 0 Å². The summed E-state index contributed by atoms with van der Waals surface area (Å²) in [6.45, 7) is 3.81. The van der Waals surface area contributed by atoms with E-state index in [4.69, 9.17) is 9.47 Å². The van der Waals surface area contributed by atoms with Crippen LogP contribution < -0.4 is 10.1 Å². The predicted octanol–water partition coefficient (Wildman–Crippen LogP) is 4.55. The van der Waals surface area contributed by atoms with Gasteiger partial charge in [0.05, 0.1) is 7.11 Å². The molecule has 3 aromatic carbocycles. The second-order valence-corrected chi connectivity index (χ2v) is 6.89. The summed E-state index contributed by atoms with van der Waals surface area (Å²) in [5.74, 6) is -1.20. The average Bonchev–Trinajstić information content (AvgIpc) is 2.74. The molecule has 1 atom stereocenters. The summed E-state index contributed by atoms with van der Waals surface area (Å²) in [6.07, 6.45) is -1.19. The number of amides is 1. The highest BCUT2D eigenvalue weighted by atomic mass is 16.5. The summed E-state index contributed by atoms with van der Waals surface area (Å²) in [6, 6.07) is 18.7. The number of phenols is 1. The molecule has 6 heteroatoms. The lowest BCUT2D eigenvalue weighted by atomic mass is 10.1. The first-order valence-electron chi connectivity index (χ1n) is 9.40. The van der Waals surface area contributed by atoms with Crippen molar-refractivity contribution in [2.75, 3.05) is 12.4 Å². The number of esters is 1. The van der Waals surface area contributed by atoms with E-state index >= 15 is 0 Å². The Bertz CT molecular complexity index is 1060. The number of phenolic OH excluding ortho intramolecular Hbond substituents is 1. The van der Waals surface area contributed by atoms with Crippen molar-refractivity contribution in [2.24, 2.45) is 0 Å². The Hall–Kier alpha value is -3.80. The number of rotatable bonds is 6. The van der Waals surface area contributed by atoms with Crippen LogP contribution in [-0.2, 0) is 9.53 Å². The van der Waals surface area contributed by atoms with Crippen molar-refractivity contribution in [2.45, 2.75) is 20.0 Å². The first-order valence-corrected chi connectivity index (χ1v) is 9.40. The fraction of sp³-hybridized carbons (Fsp3) is 0.167. The summed E-state index contributed by atoms with van der Waals surface area (Å²) >= 11 is 0. The first-order chi connectivity index (χ1) is 14.4. The highest BCUT2D eigenvalue weighted by molar-refractivity contribution is 5.99. The standard InChI is InChI=1S/C24H23NO5/c1-15-9-10-16(2)20(13-15)25-23(27)22(17-7-5-4-6-8-17)30-24(28)19-12-11-18(29-3)14-21(19)26/h4-14,22,26H,1-3H3,(H,25,27)/t22-/m1/s1. The molecule has 0 fully saturated rings. The lowest BCUT2D eigenvalue weighted by Crippen LogP contribution is -2.26. The molecule has 0 saturated heterocycles. The third-order valence-corrected chi connectivity index (χ3v) is 4.64. The molecule has 0 aliphatic rings. The molecule has 1 amide bonds. The maximum atomic E-state index is 13.1. The monoisotopic (exact) mass is 405 g/mol. The summed E-state index contributed by atoms with van der Waals surface area (Å²) in [7, 11) is 1.45. The third kappa shape index (κ3) is 4.78. The number of carbonyl (C=O) groups excluding carboxylic acids is 2. The zero-order chi connectivity index (χ0) is 21.7. The van der Waals surface area contributed by atoms with Gasteiger partial charge in [0.15, 0.2) is 0 Å². The summed E-state index contributed by atoms with van der Waals surface area (Å²) in [4.78, 5) is 25.8. The molecule has 0 heterocycles. The Balaban J connectivity index is 1.89. The van der Waals surface area contributed by atoms with Gasteiger partial charge in [0.25, 0.3) is 5.91 Å². The Morgan fingerprint density at radius 3 is 2.37 bits per heavy atom. The Labute approximate surface area is 175 Å². The molecule has 0 aliphatic heterocycles. The van der Waals surface area contributed by atoms with Crippen LogP contribution in [0, 0.1) is 13.8 Å². The molecule has 30 heavy (non-hydrogen) atoms. The maximum absolute atomic E-state index is 13.1. The lowest BCUT2D eigenvalue weighted by molar-refractivity contribution is -0.125. The molecule has 0 spiro atoms. The molecule has 0 bridgehead atoms. The quantitative estimate of drug-likeness (QED) is 0.588. The number of hydrogen-bond acceptors (Lipinski definition) is 5. The molecule has 0 aliphatic carbocycles. The minimum Gasteiger partial charge on any atom is -0.507 e. The van der Waals surface area contributed by atoms with Gasteiger partial charge in [-0.2, -0.15) is 0 Å². The molecule has 3 rings (SSSR count). The van der Waals surface area contributed by atoms with Crippen LogP contribution in [0.4, 0.5) is 5.69 Å². The summed E-state index contributed by atoms with van der Waals surface area (Å²) in [5, 5.41) is 13.0. The number of anilines is 1. The number of nitrogens with one attached hydrogen (secondary N) is 1. The maximum Gasteiger partial charge on any atom is 0.343 e. The third-order valence-electron chi connectivity index (χ3n) is 4.64. The average molecular weight is 405 g/mol. The van der Waals surface area contributed by atoms with E-state index in [2.05, 4.69) is 5.32 Å². The number of aryl methyl sites for hydroxylation is 2. The van der Waals surface area contributed by atoms with Gasteiger partial charge in [-0.05, 0) is 43.2 Å². The van der Waals surface area contributed by atoms with Crippen LogP contribution in [0.1, 0.15) is 33.2 Å². The zero-order valence-electron chi connectivity index (χ0n) is 17.0. The fourth-order valence-electron chi connectivity index (χ4n) is 2.95. The normalized spacial score (nSPS) is 11.4. The van der Waals surface area contributed by atoms with Gasteiger partial charge in [-0.1, -0.05) is 42.5 Å². The van der Waals surface area contributed by atoms with Gasteiger partial charge < -0.3 is 19.9 Å². The van der Waals surface area contributed by atoms with Crippen LogP contribution >= 0.6 is 0 Å². The van der Waals surface area contributed by atoms with E-state index in [1.807, 2.05) is 32.0 Å². The highest BCUT2D eigenvalue weighted by Gasteiger charge is 2.27.